The normalized spacial score (nSPS) is 14.4. The van der Waals surface area contributed by atoms with Gasteiger partial charge in [0, 0.05) is 29.9 Å². The highest BCUT2D eigenvalue weighted by Gasteiger charge is 2.24. The first kappa shape index (κ1) is 11.6. The van der Waals surface area contributed by atoms with E-state index in [1.54, 1.807) is 0 Å². The number of rotatable bonds is 3. The topological polar surface area (TPSA) is 43.8 Å². The molecule has 0 amide bonds. The molecule has 0 aliphatic rings. The van der Waals surface area contributed by atoms with Gasteiger partial charge < -0.3 is 5.73 Å². The van der Waals surface area contributed by atoms with Crippen LogP contribution < -0.4 is 5.73 Å². The molecule has 4 heteroatoms. The molecule has 1 aromatic rings. The summed E-state index contributed by atoms with van der Waals surface area (Å²) in [7, 11) is 1.93. The molecule has 0 radical (unpaired) electrons. The van der Waals surface area contributed by atoms with Crippen molar-refractivity contribution in [3.63, 3.8) is 0 Å². The summed E-state index contributed by atoms with van der Waals surface area (Å²) in [5.41, 5.74) is 6.00. The van der Waals surface area contributed by atoms with Gasteiger partial charge in [-0.25, -0.2) is 0 Å². The molecule has 0 saturated heterocycles. The third-order valence-electron chi connectivity index (χ3n) is 2.14. The standard InChI is InChI=1S/C10H19N3S/c1-10(2,3)9(5-11)14-8-6-12-13(4)7-8/h6-7,9H,5,11H2,1-4H3. The highest BCUT2D eigenvalue weighted by Crippen LogP contribution is 2.34. The minimum atomic E-state index is 0.231. The summed E-state index contributed by atoms with van der Waals surface area (Å²) >= 11 is 1.81. The van der Waals surface area contributed by atoms with Gasteiger partial charge in [0.25, 0.3) is 0 Å². The smallest absolute Gasteiger partial charge is 0.0625 e. The van der Waals surface area contributed by atoms with Crippen LogP contribution in [0.1, 0.15) is 20.8 Å². The molecule has 0 saturated carbocycles. The average molecular weight is 213 g/mol. The summed E-state index contributed by atoms with van der Waals surface area (Å²) in [4.78, 5) is 1.19. The van der Waals surface area contributed by atoms with E-state index in [0.717, 1.165) is 0 Å². The number of aryl methyl sites for hydroxylation is 1. The third-order valence-corrected chi connectivity index (χ3v) is 3.81. The van der Waals surface area contributed by atoms with Crippen LogP contribution in [0, 0.1) is 5.41 Å². The van der Waals surface area contributed by atoms with Gasteiger partial charge in [-0.3, -0.25) is 4.68 Å². The van der Waals surface area contributed by atoms with Crippen LogP contribution in [0.2, 0.25) is 0 Å². The first-order valence-corrected chi connectivity index (χ1v) is 5.67. The molecule has 2 N–H and O–H groups in total. The zero-order chi connectivity index (χ0) is 10.8. The van der Waals surface area contributed by atoms with Gasteiger partial charge in [-0.1, -0.05) is 20.8 Å². The predicted octanol–water partition coefficient (Wildman–Crippen LogP) is 1.89. The fourth-order valence-electron chi connectivity index (χ4n) is 1.20. The number of hydrogen-bond acceptors (Lipinski definition) is 3. The second kappa shape index (κ2) is 4.36. The Morgan fingerprint density at radius 3 is 2.57 bits per heavy atom. The number of thioether (sulfide) groups is 1. The Morgan fingerprint density at radius 1 is 1.57 bits per heavy atom. The summed E-state index contributed by atoms with van der Waals surface area (Å²) < 4.78 is 1.82. The Hall–Kier alpha value is -0.480. The number of nitrogens with zero attached hydrogens (tertiary/aromatic N) is 2. The summed E-state index contributed by atoms with van der Waals surface area (Å²) in [5, 5.41) is 4.58. The van der Waals surface area contributed by atoms with Gasteiger partial charge in [0.2, 0.25) is 0 Å². The summed E-state index contributed by atoms with van der Waals surface area (Å²) in [6.07, 6.45) is 3.91. The molecule has 3 nitrogen and oxygen atoms in total. The van der Waals surface area contributed by atoms with E-state index in [0.29, 0.717) is 11.8 Å². The van der Waals surface area contributed by atoms with Crippen LogP contribution in [0.15, 0.2) is 17.3 Å². The minimum Gasteiger partial charge on any atom is -0.329 e. The van der Waals surface area contributed by atoms with Crippen molar-refractivity contribution >= 4 is 11.8 Å². The van der Waals surface area contributed by atoms with Crippen LogP contribution in [0.4, 0.5) is 0 Å². The Labute approximate surface area is 90.1 Å². The summed E-state index contributed by atoms with van der Waals surface area (Å²) in [6, 6.07) is 0. The van der Waals surface area contributed by atoms with Gasteiger partial charge in [0.1, 0.15) is 0 Å². The molecular weight excluding hydrogens is 194 g/mol. The number of nitrogens with two attached hydrogens (primary N) is 1. The molecule has 0 spiro atoms. The second-order valence-corrected chi connectivity index (χ2v) is 5.83. The van der Waals surface area contributed by atoms with Crippen molar-refractivity contribution < 1.29 is 0 Å². The Kier molecular flexibility index (Phi) is 3.61. The van der Waals surface area contributed by atoms with Crippen LogP contribution in [0.3, 0.4) is 0 Å². The highest BCUT2D eigenvalue weighted by molar-refractivity contribution is 8.00. The van der Waals surface area contributed by atoms with Crippen molar-refractivity contribution in [3.05, 3.63) is 12.4 Å². The Morgan fingerprint density at radius 2 is 2.21 bits per heavy atom. The van der Waals surface area contributed by atoms with E-state index in [2.05, 4.69) is 25.9 Å². The molecule has 0 aliphatic carbocycles. The molecule has 1 rings (SSSR count). The second-order valence-electron chi connectivity index (χ2n) is 4.56. The molecule has 0 fully saturated rings. The van der Waals surface area contributed by atoms with Gasteiger partial charge in [0.05, 0.1) is 6.20 Å². The van der Waals surface area contributed by atoms with Crippen molar-refractivity contribution in [3.8, 4) is 0 Å². The predicted molar refractivity (Wildman–Crippen MR) is 61.4 cm³/mol. The fourth-order valence-corrected chi connectivity index (χ4v) is 2.30. The molecule has 0 aromatic carbocycles. The third kappa shape index (κ3) is 3.03. The lowest BCUT2D eigenvalue weighted by Crippen LogP contribution is -2.30. The van der Waals surface area contributed by atoms with E-state index < -0.39 is 0 Å². The molecule has 1 atom stereocenters. The van der Waals surface area contributed by atoms with Crippen molar-refractivity contribution in [2.24, 2.45) is 18.2 Å². The van der Waals surface area contributed by atoms with Crippen molar-refractivity contribution in [2.45, 2.75) is 30.9 Å². The molecule has 0 bridgehead atoms. The molecule has 14 heavy (non-hydrogen) atoms. The molecule has 0 aliphatic heterocycles. The maximum atomic E-state index is 5.77. The average Bonchev–Trinajstić information content (AvgIpc) is 2.45. The van der Waals surface area contributed by atoms with Gasteiger partial charge in [-0.05, 0) is 5.41 Å². The first-order chi connectivity index (χ1) is 6.43. The van der Waals surface area contributed by atoms with Crippen molar-refractivity contribution in [1.29, 1.82) is 0 Å². The maximum Gasteiger partial charge on any atom is 0.0625 e. The van der Waals surface area contributed by atoms with E-state index in [4.69, 9.17) is 5.73 Å². The fraction of sp³-hybridized carbons (Fsp3) is 0.700. The Bertz CT molecular complexity index is 288. The van der Waals surface area contributed by atoms with Gasteiger partial charge in [-0.2, -0.15) is 5.10 Å². The lowest BCUT2D eigenvalue weighted by Gasteiger charge is -2.28. The lowest BCUT2D eigenvalue weighted by atomic mass is 9.92. The van der Waals surface area contributed by atoms with E-state index in [9.17, 15) is 0 Å². The van der Waals surface area contributed by atoms with E-state index >= 15 is 0 Å². The zero-order valence-electron chi connectivity index (χ0n) is 9.32. The molecule has 1 unspecified atom stereocenters. The van der Waals surface area contributed by atoms with Crippen LogP contribution >= 0.6 is 11.8 Å². The molecule has 80 valence electrons. The van der Waals surface area contributed by atoms with Gasteiger partial charge in [0.15, 0.2) is 0 Å². The molecular formula is C10H19N3S. The van der Waals surface area contributed by atoms with Crippen LogP contribution in [0.5, 0.6) is 0 Å². The van der Waals surface area contributed by atoms with Crippen LogP contribution in [-0.2, 0) is 7.05 Å². The molecule has 1 aromatic heterocycles. The largest absolute Gasteiger partial charge is 0.329 e. The zero-order valence-corrected chi connectivity index (χ0v) is 10.1. The summed E-state index contributed by atoms with van der Waals surface area (Å²) in [6.45, 7) is 7.35. The quantitative estimate of drug-likeness (QED) is 0.780. The number of hydrogen-bond donors (Lipinski definition) is 1. The van der Waals surface area contributed by atoms with E-state index in [1.165, 1.54) is 4.90 Å². The minimum absolute atomic E-state index is 0.231. The van der Waals surface area contributed by atoms with Crippen LogP contribution in [0.25, 0.3) is 0 Å². The van der Waals surface area contributed by atoms with E-state index in [1.807, 2.05) is 35.9 Å². The number of aromatic nitrogens is 2. The highest BCUT2D eigenvalue weighted by atomic mass is 32.2. The van der Waals surface area contributed by atoms with Crippen molar-refractivity contribution in [2.75, 3.05) is 6.54 Å². The lowest BCUT2D eigenvalue weighted by molar-refractivity contribution is 0.398. The molecule has 1 heterocycles. The van der Waals surface area contributed by atoms with Gasteiger partial charge in [-0.15, -0.1) is 11.8 Å². The van der Waals surface area contributed by atoms with Crippen LogP contribution in [-0.4, -0.2) is 21.6 Å². The Balaban J connectivity index is 2.66. The maximum absolute atomic E-state index is 5.77. The SMILES string of the molecule is Cn1cc(SC(CN)C(C)(C)C)cn1. The first-order valence-electron chi connectivity index (χ1n) is 4.79. The van der Waals surface area contributed by atoms with Gasteiger partial charge >= 0.3 is 0 Å². The van der Waals surface area contributed by atoms with Crippen molar-refractivity contribution in [1.82, 2.24) is 9.78 Å². The van der Waals surface area contributed by atoms with E-state index in [-0.39, 0.29) is 5.41 Å². The summed E-state index contributed by atoms with van der Waals surface area (Å²) in [5.74, 6) is 0. The monoisotopic (exact) mass is 213 g/mol.